The van der Waals surface area contributed by atoms with E-state index in [-0.39, 0.29) is 0 Å². The minimum atomic E-state index is 0.490. The third-order valence-corrected chi connectivity index (χ3v) is 4.10. The first kappa shape index (κ1) is 12.5. The Morgan fingerprint density at radius 2 is 2.00 bits per heavy atom. The highest BCUT2D eigenvalue weighted by Crippen LogP contribution is 2.25. The Labute approximate surface area is 114 Å². The molecule has 0 bridgehead atoms. The van der Waals surface area contributed by atoms with Gasteiger partial charge in [0.15, 0.2) is 0 Å². The number of anilines is 1. The molecule has 4 nitrogen and oxygen atoms in total. The molecule has 2 aromatic rings. The molecule has 19 heavy (non-hydrogen) atoms. The summed E-state index contributed by atoms with van der Waals surface area (Å²) in [6, 6.07) is 9.26. The van der Waals surface area contributed by atoms with Gasteiger partial charge in [-0.15, -0.1) is 0 Å². The van der Waals surface area contributed by atoms with E-state index in [4.69, 9.17) is 0 Å². The van der Waals surface area contributed by atoms with E-state index < -0.39 is 0 Å². The van der Waals surface area contributed by atoms with Crippen molar-refractivity contribution in [1.82, 2.24) is 14.9 Å². The van der Waals surface area contributed by atoms with Crippen LogP contribution in [-0.4, -0.2) is 41.0 Å². The van der Waals surface area contributed by atoms with Crippen molar-refractivity contribution in [2.45, 2.75) is 37.8 Å². The Hall–Kier alpha value is -1.55. The number of H-pyrrole nitrogens is 1. The fourth-order valence-electron chi connectivity index (χ4n) is 3.09. The van der Waals surface area contributed by atoms with Crippen LogP contribution in [0.2, 0.25) is 0 Å². The van der Waals surface area contributed by atoms with Crippen LogP contribution in [0.25, 0.3) is 11.0 Å². The molecule has 0 amide bonds. The predicted octanol–water partition coefficient (Wildman–Crippen LogP) is 2.85. The largest absolute Gasteiger partial charge is 0.351 e. The van der Waals surface area contributed by atoms with Crippen molar-refractivity contribution >= 4 is 17.0 Å². The fourth-order valence-corrected chi connectivity index (χ4v) is 3.09. The number of aromatic nitrogens is 2. The van der Waals surface area contributed by atoms with Crippen molar-refractivity contribution in [3.05, 3.63) is 24.3 Å². The van der Waals surface area contributed by atoms with Crippen molar-refractivity contribution in [2.75, 3.05) is 19.4 Å². The summed E-state index contributed by atoms with van der Waals surface area (Å²) < 4.78 is 0. The Bertz CT molecular complexity index is 513. The Kier molecular flexibility index (Phi) is 3.42. The molecule has 0 aliphatic heterocycles. The highest BCUT2D eigenvalue weighted by atomic mass is 15.2. The van der Waals surface area contributed by atoms with E-state index in [0.717, 1.165) is 17.0 Å². The number of aromatic amines is 1. The number of para-hydroxylation sites is 2. The molecule has 0 radical (unpaired) electrons. The standard InChI is InChI=1S/C15H22N4/c1-19(2)14-10-6-5-9-13(14)18-15-16-11-7-3-4-8-12(11)17-15/h3-4,7-8,13-14H,5-6,9-10H2,1-2H3,(H2,16,17,18)/t13-,14-/m1/s1. The fraction of sp³-hybridized carbons (Fsp3) is 0.533. The summed E-state index contributed by atoms with van der Waals surface area (Å²) in [5.74, 6) is 0.903. The smallest absolute Gasteiger partial charge is 0.201 e. The molecule has 102 valence electrons. The highest BCUT2D eigenvalue weighted by Gasteiger charge is 2.27. The number of imidazole rings is 1. The lowest BCUT2D eigenvalue weighted by Crippen LogP contribution is -2.45. The van der Waals surface area contributed by atoms with Crippen LogP contribution >= 0.6 is 0 Å². The average molecular weight is 258 g/mol. The Balaban J connectivity index is 1.79. The van der Waals surface area contributed by atoms with Crippen molar-refractivity contribution in [1.29, 1.82) is 0 Å². The van der Waals surface area contributed by atoms with Crippen LogP contribution in [0.3, 0.4) is 0 Å². The van der Waals surface area contributed by atoms with Gasteiger partial charge in [0, 0.05) is 12.1 Å². The number of hydrogen-bond donors (Lipinski definition) is 2. The lowest BCUT2D eigenvalue weighted by molar-refractivity contribution is 0.211. The van der Waals surface area contributed by atoms with E-state index in [1.54, 1.807) is 0 Å². The van der Waals surface area contributed by atoms with Crippen molar-refractivity contribution in [3.8, 4) is 0 Å². The molecule has 1 heterocycles. The first-order valence-electron chi connectivity index (χ1n) is 7.12. The molecule has 2 atom stereocenters. The topological polar surface area (TPSA) is 44.0 Å². The van der Waals surface area contributed by atoms with Crippen molar-refractivity contribution in [3.63, 3.8) is 0 Å². The number of benzene rings is 1. The quantitative estimate of drug-likeness (QED) is 0.889. The van der Waals surface area contributed by atoms with Gasteiger partial charge in [-0.25, -0.2) is 4.98 Å². The number of rotatable bonds is 3. The van der Waals surface area contributed by atoms with E-state index in [0.29, 0.717) is 12.1 Å². The van der Waals surface area contributed by atoms with E-state index in [9.17, 15) is 0 Å². The minimum absolute atomic E-state index is 0.490. The first-order valence-corrected chi connectivity index (χ1v) is 7.12. The maximum atomic E-state index is 4.62. The van der Waals surface area contributed by atoms with Crippen LogP contribution < -0.4 is 5.32 Å². The van der Waals surface area contributed by atoms with Gasteiger partial charge in [-0.1, -0.05) is 25.0 Å². The summed E-state index contributed by atoms with van der Waals surface area (Å²) >= 11 is 0. The number of likely N-dealkylation sites (N-methyl/N-ethyl adjacent to an activating group) is 1. The normalized spacial score (nSPS) is 23.9. The molecule has 1 fully saturated rings. The van der Waals surface area contributed by atoms with Crippen LogP contribution in [0.5, 0.6) is 0 Å². The molecule has 0 unspecified atom stereocenters. The van der Waals surface area contributed by atoms with Gasteiger partial charge in [0.2, 0.25) is 5.95 Å². The van der Waals surface area contributed by atoms with Crippen LogP contribution in [0.4, 0.5) is 5.95 Å². The zero-order valence-corrected chi connectivity index (χ0v) is 11.7. The van der Waals surface area contributed by atoms with Gasteiger partial charge in [-0.2, -0.15) is 0 Å². The molecule has 0 spiro atoms. The maximum Gasteiger partial charge on any atom is 0.201 e. The molecule has 1 saturated carbocycles. The molecular formula is C15H22N4. The first-order chi connectivity index (χ1) is 9.24. The number of fused-ring (bicyclic) bond motifs is 1. The van der Waals surface area contributed by atoms with Gasteiger partial charge >= 0.3 is 0 Å². The van der Waals surface area contributed by atoms with Crippen LogP contribution in [-0.2, 0) is 0 Å². The summed E-state index contributed by atoms with van der Waals surface area (Å²) in [5.41, 5.74) is 2.13. The second-order valence-corrected chi connectivity index (χ2v) is 5.67. The van der Waals surface area contributed by atoms with Gasteiger partial charge in [-0.3, -0.25) is 0 Å². The SMILES string of the molecule is CN(C)[C@@H]1CCCC[C@H]1Nc1nc2ccccc2[nH]1. The minimum Gasteiger partial charge on any atom is -0.351 e. The van der Waals surface area contributed by atoms with Crippen LogP contribution in [0.1, 0.15) is 25.7 Å². The summed E-state index contributed by atoms with van der Waals surface area (Å²) in [5, 5.41) is 3.59. The van der Waals surface area contributed by atoms with E-state index in [2.05, 4.69) is 40.3 Å². The van der Waals surface area contributed by atoms with Gasteiger partial charge in [0.1, 0.15) is 0 Å². The second-order valence-electron chi connectivity index (χ2n) is 5.67. The molecule has 0 saturated heterocycles. The van der Waals surface area contributed by atoms with E-state index in [1.807, 2.05) is 18.2 Å². The summed E-state index contributed by atoms with van der Waals surface area (Å²) in [7, 11) is 4.34. The molecule has 1 aromatic carbocycles. The molecule has 1 aliphatic carbocycles. The second kappa shape index (κ2) is 5.21. The Morgan fingerprint density at radius 3 is 2.79 bits per heavy atom. The summed E-state index contributed by atoms with van der Waals surface area (Å²) in [6.07, 6.45) is 5.13. The van der Waals surface area contributed by atoms with Crippen molar-refractivity contribution in [2.24, 2.45) is 0 Å². The Morgan fingerprint density at radius 1 is 1.21 bits per heavy atom. The molecule has 2 N–H and O–H groups in total. The third-order valence-electron chi connectivity index (χ3n) is 4.10. The average Bonchev–Trinajstić information content (AvgIpc) is 2.81. The predicted molar refractivity (Wildman–Crippen MR) is 79.4 cm³/mol. The van der Waals surface area contributed by atoms with Gasteiger partial charge in [0.25, 0.3) is 0 Å². The molecule has 4 heteroatoms. The highest BCUT2D eigenvalue weighted by molar-refractivity contribution is 5.77. The molecule has 1 aliphatic rings. The monoisotopic (exact) mass is 258 g/mol. The maximum absolute atomic E-state index is 4.62. The van der Waals surface area contributed by atoms with Gasteiger partial charge in [-0.05, 0) is 39.1 Å². The zero-order chi connectivity index (χ0) is 13.2. The van der Waals surface area contributed by atoms with E-state index in [1.165, 1.54) is 25.7 Å². The molecule has 3 rings (SSSR count). The van der Waals surface area contributed by atoms with Crippen LogP contribution in [0.15, 0.2) is 24.3 Å². The third kappa shape index (κ3) is 2.59. The lowest BCUT2D eigenvalue weighted by Gasteiger charge is -2.36. The zero-order valence-electron chi connectivity index (χ0n) is 11.7. The van der Waals surface area contributed by atoms with Gasteiger partial charge in [0.05, 0.1) is 11.0 Å². The summed E-state index contributed by atoms with van der Waals surface area (Å²) in [4.78, 5) is 10.3. The molecular weight excluding hydrogens is 236 g/mol. The van der Waals surface area contributed by atoms with Gasteiger partial charge < -0.3 is 15.2 Å². The van der Waals surface area contributed by atoms with Crippen LogP contribution in [0, 0.1) is 0 Å². The van der Waals surface area contributed by atoms with Crippen molar-refractivity contribution < 1.29 is 0 Å². The summed E-state index contributed by atoms with van der Waals surface area (Å²) in [6.45, 7) is 0. The number of nitrogens with zero attached hydrogens (tertiary/aromatic N) is 2. The molecule has 1 aromatic heterocycles. The number of hydrogen-bond acceptors (Lipinski definition) is 3. The van der Waals surface area contributed by atoms with E-state index >= 15 is 0 Å². The lowest BCUT2D eigenvalue weighted by atomic mass is 9.90. The number of nitrogens with one attached hydrogen (secondary N) is 2.